The van der Waals surface area contributed by atoms with Crippen LogP contribution in [0.5, 0.6) is 0 Å². The zero-order chi connectivity index (χ0) is 15.6. The Kier molecular flexibility index (Phi) is 4.24. The molecule has 0 radical (unpaired) electrons. The molecule has 5 nitrogen and oxygen atoms in total. The van der Waals surface area contributed by atoms with E-state index in [4.69, 9.17) is 11.6 Å². The molecule has 0 saturated heterocycles. The SMILES string of the molecule is CS(=O)(=O)c1ccc(F)c(NC(=O)c2cccc(Cl)n2)c1. The molecule has 0 aliphatic carbocycles. The first-order valence-corrected chi connectivity index (χ1v) is 7.98. The minimum atomic E-state index is -3.50. The molecule has 110 valence electrons. The molecule has 0 bridgehead atoms. The van der Waals surface area contributed by atoms with Gasteiger partial charge in [-0.2, -0.15) is 0 Å². The monoisotopic (exact) mass is 328 g/mol. The van der Waals surface area contributed by atoms with Gasteiger partial charge in [0.2, 0.25) is 0 Å². The predicted molar refractivity (Wildman–Crippen MR) is 76.7 cm³/mol. The van der Waals surface area contributed by atoms with Crippen LogP contribution in [0.4, 0.5) is 10.1 Å². The number of halogens is 2. The number of anilines is 1. The van der Waals surface area contributed by atoms with Gasteiger partial charge in [0.1, 0.15) is 16.7 Å². The van der Waals surface area contributed by atoms with Crippen LogP contribution in [0.25, 0.3) is 0 Å². The first-order chi connectivity index (χ1) is 9.77. The van der Waals surface area contributed by atoms with Gasteiger partial charge in [-0.25, -0.2) is 17.8 Å². The lowest BCUT2D eigenvalue weighted by molar-refractivity contribution is 0.102. The molecule has 0 spiro atoms. The van der Waals surface area contributed by atoms with Crippen molar-refractivity contribution in [3.05, 3.63) is 53.1 Å². The van der Waals surface area contributed by atoms with E-state index in [1.165, 1.54) is 18.2 Å². The number of nitrogens with one attached hydrogen (secondary N) is 1. The van der Waals surface area contributed by atoms with E-state index in [1.807, 2.05) is 0 Å². The van der Waals surface area contributed by atoms with Crippen LogP contribution in [0, 0.1) is 5.82 Å². The summed E-state index contributed by atoms with van der Waals surface area (Å²) in [6.07, 6.45) is 0.990. The number of benzene rings is 1. The van der Waals surface area contributed by atoms with E-state index in [0.717, 1.165) is 24.5 Å². The predicted octanol–water partition coefficient (Wildman–Crippen LogP) is 2.53. The zero-order valence-corrected chi connectivity index (χ0v) is 12.4. The maximum absolute atomic E-state index is 13.7. The fraction of sp³-hybridized carbons (Fsp3) is 0.0769. The molecule has 1 amide bonds. The third kappa shape index (κ3) is 3.77. The molecule has 1 aromatic carbocycles. The summed E-state index contributed by atoms with van der Waals surface area (Å²) >= 11 is 5.66. The summed E-state index contributed by atoms with van der Waals surface area (Å²) < 4.78 is 36.5. The second-order valence-corrected chi connectivity index (χ2v) is 6.62. The van der Waals surface area contributed by atoms with Crippen molar-refractivity contribution in [3.63, 3.8) is 0 Å². The van der Waals surface area contributed by atoms with Crippen LogP contribution in [0.2, 0.25) is 5.15 Å². The lowest BCUT2D eigenvalue weighted by Gasteiger charge is -2.08. The third-order valence-corrected chi connectivity index (χ3v) is 3.88. The second kappa shape index (κ2) is 5.79. The van der Waals surface area contributed by atoms with Gasteiger partial charge in [-0.15, -0.1) is 0 Å². The number of hydrogen-bond acceptors (Lipinski definition) is 4. The number of pyridine rings is 1. The average molecular weight is 329 g/mol. The number of aromatic nitrogens is 1. The smallest absolute Gasteiger partial charge is 0.274 e. The van der Waals surface area contributed by atoms with Crippen molar-refractivity contribution in [2.75, 3.05) is 11.6 Å². The van der Waals surface area contributed by atoms with Crippen molar-refractivity contribution in [2.24, 2.45) is 0 Å². The summed E-state index contributed by atoms with van der Waals surface area (Å²) in [5.74, 6) is -1.44. The standard InChI is InChI=1S/C13H10ClFN2O3S/c1-21(19,20)8-5-6-9(15)11(7-8)17-13(18)10-3-2-4-12(14)16-10/h2-7H,1H3,(H,17,18). The van der Waals surface area contributed by atoms with Crippen LogP contribution in [0.15, 0.2) is 41.3 Å². The first-order valence-electron chi connectivity index (χ1n) is 5.71. The fourth-order valence-electron chi connectivity index (χ4n) is 1.55. The van der Waals surface area contributed by atoms with Crippen LogP contribution < -0.4 is 5.32 Å². The Labute approximate surface area is 125 Å². The molecular weight excluding hydrogens is 319 g/mol. The summed E-state index contributed by atoms with van der Waals surface area (Å²) in [5, 5.41) is 2.39. The average Bonchev–Trinajstić information content (AvgIpc) is 2.40. The van der Waals surface area contributed by atoms with Crippen molar-refractivity contribution in [1.82, 2.24) is 4.98 Å². The number of carbonyl (C=O) groups excluding carboxylic acids is 1. The number of nitrogens with zero attached hydrogens (tertiary/aromatic N) is 1. The summed E-state index contributed by atoms with van der Waals surface area (Å²) in [4.78, 5) is 15.6. The van der Waals surface area contributed by atoms with Crippen molar-refractivity contribution < 1.29 is 17.6 Å². The highest BCUT2D eigenvalue weighted by Crippen LogP contribution is 2.20. The first kappa shape index (κ1) is 15.4. The summed E-state index contributed by atoms with van der Waals surface area (Å²) in [7, 11) is -3.50. The largest absolute Gasteiger partial charge is 0.318 e. The van der Waals surface area contributed by atoms with E-state index in [9.17, 15) is 17.6 Å². The molecule has 0 saturated carbocycles. The van der Waals surface area contributed by atoms with Gasteiger partial charge < -0.3 is 5.32 Å². The van der Waals surface area contributed by atoms with Gasteiger partial charge in [0.15, 0.2) is 9.84 Å². The minimum absolute atomic E-state index is 0.00772. The number of hydrogen-bond donors (Lipinski definition) is 1. The molecule has 0 unspecified atom stereocenters. The Morgan fingerprint density at radius 2 is 2.00 bits per heavy atom. The molecule has 2 rings (SSSR count). The second-order valence-electron chi connectivity index (χ2n) is 4.21. The van der Waals surface area contributed by atoms with E-state index < -0.39 is 21.6 Å². The van der Waals surface area contributed by atoms with E-state index in [1.54, 1.807) is 0 Å². The fourth-order valence-corrected chi connectivity index (χ4v) is 2.36. The Hall–Kier alpha value is -1.99. The Morgan fingerprint density at radius 3 is 2.62 bits per heavy atom. The van der Waals surface area contributed by atoms with Crippen molar-refractivity contribution in [1.29, 1.82) is 0 Å². The van der Waals surface area contributed by atoms with Gasteiger partial charge in [-0.1, -0.05) is 17.7 Å². The molecule has 21 heavy (non-hydrogen) atoms. The highest BCUT2D eigenvalue weighted by Gasteiger charge is 2.14. The molecule has 1 heterocycles. The summed E-state index contributed by atoms with van der Waals surface area (Å²) in [6, 6.07) is 7.55. The Bertz CT molecular complexity index is 809. The number of sulfone groups is 1. The number of carbonyl (C=O) groups is 1. The van der Waals surface area contributed by atoms with Crippen molar-refractivity contribution in [3.8, 4) is 0 Å². The zero-order valence-electron chi connectivity index (χ0n) is 10.8. The molecular formula is C13H10ClFN2O3S. The van der Waals surface area contributed by atoms with Crippen molar-refractivity contribution >= 4 is 33.0 Å². The number of amides is 1. The molecule has 1 aromatic heterocycles. The van der Waals surface area contributed by atoms with Crippen LogP contribution >= 0.6 is 11.6 Å². The molecule has 0 aliphatic heterocycles. The van der Waals surface area contributed by atoms with Crippen LogP contribution in [-0.2, 0) is 9.84 Å². The quantitative estimate of drug-likeness (QED) is 0.694. The van der Waals surface area contributed by atoms with Crippen molar-refractivity contribution in [2.45, 2.75) is 4.90 Å². The molecule has 8 heteroatoms. The highest BCUT2D eigenvalue weighted by molar-refractivity contribution is 7.90. The van der Waals surface area contributed by atoms with Gasteiger partial charge >= 0.3 is 0 Å². The highest BCUT2D eigenvalue weighted by atomic mass is 35.5. The minimum Gasteiger partial charge on any atom is -0.318 e. The van der Waals surface area contributed by atoms with Crippen LogP contribution in [0.1, 0.15) is 10.5 Å². The number of rotatable bonds is 3. The van der Waals surface area contributed by atoms with E-state index in [-0.39, 0.29) is 21.4 Å². The molecule has 0 aliphatic rings. The maximum atomic E-state index is 13.7. The Morgan fingerprint density at radius 1 is 1.29 bits per heavy atom. The van der Waals surface area contributed by atoms with Crippen LogP contribution in [0.3, 0.4) is 0 Å². The molecule has 0 atom stereocenters. The van der Waals surface area contributed by atoms with E-state index in [0.29, 0.717) is 0 Å². The topological polar surface area (TPSA) is 76.1 Å². The van der Waals surface area contributed by atoms with Gasteiger partial charge in [-0.3, -0.25) is 4.79 Å². The Balaban J connectivity index is 2.33. The maximum Gasteiger partial charge on any atom is 0.274 e. The summed E-state index contributed by atoms with van der Waals surface area (Å²) in [5.41, 5.74) is -0.253. The lowest BCUT2D eigenvalue weighted by atomic mass is 10.3. The molecule has 0 fully saturated rings. The van der Waals surface area contributed by atoms with Gasteiger partial charge in [-0.05, 0) is 30.3 Å². The normalized spacial score (nSPS) is 11.2. The molecule has 1 N–H and O–H groups in total. The molecule has 2 aromatic rings. The van der Waals surface area contributed by atoms with E-state index in [2.05, 4.69) is 10.3 Å². The third-order valence-electron chi connectivity index (χ3n) is 2.56. The van der Waals surface area contributed by atoms with Gasteiger partial charge in [0.25, 0.3) is 5.91 Å². The van der Waals surface area contributed by atoms with Gasteiger partial charge in [0.05, 0.1) is 10.6 Å². The summed E-state index contributed by atoms with van der Waals surface area (Å²) in [6.45, 7) is 0. The van der Waals surface area contributed by atoms with Crippen LogP contribution in [-0.4, -0.2) is 25.6 Å². The lowest BCUT2D eigenvalue weighted by Crippen LogP contribution is -2.15. The van der Waals surface area contributed by atoms with Gasteiger partial charge in [0, 0.05) is 6.26 Å². The van der Waals surface area contributed by atoms with E-state index >= 15 is 0 Å².